The van der Waals surface area contributed by atoms with Gasteiger partial charge in [0.2, 0.25) is 5.91 Å². The molecule has 0 heterocycles. The molecule has 0 aliphatic heterocycles. The van der Waals surface area contributed by atoms with E-state index in [1.54, 1.807) is 0 Å². The number of aromatic hydroxyl groups is 1. The molecule has 0 unspecified atom stereocenters. The van der Waals surface area contributed by atoms with E-state index in [-0.39, 0.29) is 23.8 Å². The van der Waals surface area contributed by atoms with Crippen LogP contribution in [0.1, 0.15) is 11.1 Å². The van der Waals surface area contributed by atoms with Gasteiger partial charge in [0.05, 0.1) is 19.7 Å². The van der Waals surface area contributed by atoms with Gasteiger partial charge in [-0.25, -0.2) is 5.43 Å². The van der Waals surface area contributed by atoms with Crippen molar-refractivity contribution in [3.05, 3.63) is 58.6 Å². The van der Waals surface area contributed by atoms with Crippen molar-refractivity contribution in [2.75, 3.05) is 7.11 Å². The number of nitrogens with zero attached hydrogens (tertiary/aromatic N) is 1. The van der Waals surface area contributed by atoms with Crippen molar-refractivity contribution < 1.29 is 14.6 Å². The molecule has 0 atom stereocenters. The number of benzene rings is 2. The summed E-state index contributed by atoms with van der Waals surface area (Å²) in [5, 5.41) is 14.1. The molecule has 1 amide bonds. The molecule has 0 saturated heterocycles. The summed E-state index contributed by atoms with van der Waals surface area (Å²) in [4.78, 5) is 11.7. The zero-order valence-corrected chi connectivity index (χ0v) is 12.7. The van der Waals surface area contributed by atoms with E-state index < -0.39 is 0 Å². The van der Waals surface area contributed by atoms with Crippen LogP contribution in [-0.4, -0.2) is 24.3 Å². The van der Waals surface area contributed by atoms with E-state index in [1.165, 1.54) is 25.5 Å². The summed E-state index contributed by atoms with van der Waals surface area (Å²) in [6, 6.07) is 12.3. The minimum absolute atomic E-state index is 0.0899. The van der Waals surface area contributed by atoms with Crippen molar-refractivity contribution in [2.45, 2.75) is 6.42 Å². The molecule has 0 bridgehead atoms. The van der Waals surface area contributed by atoms with Gasteiger partial charge >= 0.3 is 0 Å². The molecule has 2 rings (SSSR count). The van der Waals surface area contributed by atoms with Crippen LogP contribution in [-0.2, 0) is 11.2 Å². The number of halogens is 1. The van der Waals surface area contributed by atoms with Crippen LogP contribution >= 0.6 is 11.6 Å². The van der Waals surface area contributed by atoms with E-state index >= 15 is 0 Å². The molecule has 0 aliphatic carbocycles. The molecule has 0 spiro atoms. The van der Waals surface area contributed by atoms with Crippen molar-refractivity contribution >= 4 is 23.7 Å². The van der Waals surface area contributed by atoms with Gasteiger partial charge < -0.3 is 9.84 Å². The predicted octanol–water partition coefficient (Wildman–Crippen LogP) is 2.75. The maximum absolute atomic E-state index is 11.7. The Bertz CT molecular complexity index is 687. The topological polar surface area (TPSA) is 70.9 Å². The Kier molecular flexibility index (Phi) is 5.38. The van der Waals surface area contributed by atoms with E-state index in [4.69, 9.17) is 16.3 Å². The molecule has 2 aromatic rings. The molecule has 2 N–H and O–H groups in total. The second-order valence-electron chi connectivity index (χ2n) is 4.50. The Hall–Kier alpha value is -2.53. The minimum Gasteiger partial charge on any atom is -0.504 e. The Balaban J connectivity index is 2.01. The second kappa shape index (κ2) is 7.47. The standard InChI is InChI=1S/C16H15ClN2O3/c1-22-14-9-13(17)8-12(16(14)21)10-18-19-15(20)7-11-5-3-2-4-6-11/h2-6,8-10,21H,7H2,1H3,(H,19,20)/b18-10+. The van der Waals surface area contributed by atoms with Crippen molar-refractivity contribution in [3.8, 4) is 11.5 Å². The molecule has 2 aromatic carbocycles. The molecular weight excluding hydrogens is 304 g/mol. The van der Waals surface area contributed by atoms with Crippen molar-refractivity contribution in [1.29, 1.82) is 0 Å². The smallest absolute Gasteiger partial charge is 0.244 e. The normalized spacial score (nSPS) is 10.6. The van der Waals surface area contributed by atoms with Gasteiger partial charge in [0.25, 0.3) is 0 Å². The van der Waals surface area contributed by atoms with Crippen LogP contribution in [0, 0.1) is 0 Å². The lowest BCUT2D eigenvalue weighted by Crippen LogP contribution is -2.19. The van der Waals surface area contributed by atoms with E-state index in [1.807, 2.05) is 30.3 Å². The van der Waals surface area contributed by atoms with Crippen LogP contribution < -0.4 is 10.2 Å². The number of carbonyl (C=O) groups excluding carboxylic acids is 1. The first-order valence-electron chi connectivity index (χ1n) is 6.52. The molecule has 6 heteroatoms. The number of hydrogen-bond acceptors (Lipinski definition) is 4. The first kappa shape index (κ1) is 15.9. The molecule has 0 aliphatic rings. The molecule has 0 aromatic heterocycles. The third kappa shape index (κ3) is 4.23. The monoisotopic (exact) mass is 318 g/mol. The lowest BCUT2D eigenvalue weighted by molar-refractivity contribution is -0.120. The van der Waals surface area contributed by atoms with E-state index in [9.17, 15) is 9.90 Å². The number of hydrazone groups is 1. The number of phenols is 1. The van der Waals surface area contributed by atoms with E-state index in [0.717, 1.165) is 5.56 Å². The predicted molar refractivity (Wildman–Crippen MR) is 85.6 cm³/mol. The minimum atomic E-state index is -0.254. The summed E-state index contributed by atoms with van der Waals surface area (Å²) in [7, 11) is 1.42. The largest absolute Gasteiger partial charge is 0.504 e. The number of methoxy groups -OCH3 is 1. The molecule has 0 saturated carbocycles. The fourth-order valence-corrected chi connectivity index (χ4v) is 2.06. The van der Waals surface area contributed by atoms with Crippen LogP contribution in [0.15, 0.2) is 47.6 Å². The van der Waals surface area contributed by atoms with Gasteiger partial charge in [0.15, 0.2) is 11.5 Å². The maximum Gasteiger partial charge on any atom is 0.244 e. The summed E-state index contributed by atoms with van der Waals surface area (Å²) >= 11 is 5.91. The molecular formula is C16H15ClN2O3. The van der Waals surface area contributed by atoms with Gasteiger partial charge in [-0.3, -0.25) is 4.79 Å². The number of rotatable bonds is 5. The lowest BCUT2D eigenvalue weighted by Gasteiger charge is -2.06. The molecule has 5 nitrogen and oxygen atoms in total. The zero-order chi connectivity index (χ0) is 15.9. The van der Waals surface area contributed by atoms with Crippen LogP contribution in [0.25, 0.3) is 0 Å². The molecule has 0 fully saturated rings. The number of carbonyl (C=O) groups is 1. The Morgan fingerprint density at radius 3 is 2.77 bits per heavy atom. The van der Waals surface area contributed by atoms with Gasteiger partial charge in [-0.15, -0.1) is 0 Å². The van der Waals surface area contributed by atoms with Crippen LogP contribution in [0.5, 0.6) is 11.5 Å². The summed E-state index contributed by atoms with van der Waals surface area (Å²) < 4.78 is 4.99. The van der Waals surface area contributed by atoms with Gasteiger partial charge in [-0.2, -0.15) is 5.10 Å². The van der Waals surface area contributed by atoms with Crippen molar-refractivity contribution in [1.82, 2.24) is 5.43 Å². The molecule has 22 heavy (non-hydrogen) atoms. The van der Waals surface area contributed by atoms with Crippen molar-refractivity contribution in [3.63, 3.8) is 0 Å². The number of nitrogens with one attached hydrogen (secondary N) is 1. The highest BCUT2D eigenvalue weighted by atomic mass is 35.5. The third-order valence-corrected chi connectivity index (χ3v) is 3.11. The Morgan fingerprint density at radius 1 is 1.36 bits per heavy atom. The van der Waals surface area contributed by atoms with Crippen LogP contribution in [0.2, 0.25) is 5.02 Å². The first-order valence-corrected chi connectivity index (χ1v) is 6.90. The van der Waals surface area contributed by atoms with Crippen molar-refractivity contribution in [2.24, 2.45) is 5.10 Å². The van der Waals surface area contributed by atoms with Gasteiger partial charge in [-0.05, 0) is 11.6 Å². The Labute approximate surface area is 133 Å². The highest BCUT2D eigenvalue weighted by Gasteiger charge is 2.08. The number of ether oxygens (including phenoxy) is 1. The van der Waals surface area contributed by atoms with Gasteiger partial charge in [0.1, 0.15) is 0 Å². The lowest BCUT2D eigenvalue weighted by atomic mass is 10.1. The SMILES string of the molecule is COc1cc(Cl)cc(/C=N/NC(=O)Cc2ccccc2)c1O. The summed E-state index contributed by atoms with van der Waals surface area (Å²) in [5.41, 5.74) is 3.64. The first-order chi connectivity index (χ1) is 10.6. The van der Waals surface area contributed by atoms with Gasteiger partial charge in [0, 0.05) is 16.7 Å². The fourth-order valence-electron chi connectivity index (χ4n) is 1.84. The quantitative estimate of drug-likeness (QED) is 0.658. The molecule has 114 valence electrons. The summed E-state index contributed by atoms with van der Waals surface area (Å²) in [6.07, 6.45) is 1.54. The Morgan fingerprint density at radius 2 is 2.09 bits per heavy atom. The summed E-state index contributed by atoms with van der Waals surface area (Å²) in [6.45, 7) is 0. The van der Waals surface area contributed by atoms with E-state index in [0.29, 0.717) is 10.6 Å². The van der Waals surface area contributed by atoms with Crippen LogP contribution in [0.4, 0.5) is 0 Å². The maximum atomic E-state index is 11.7. The average molecular weight is 319 g/mol. The van der Waals surface area contributed by atoms with E-state index in [2.05, 4.69) is 10.5 Å². The highest BCUT2D eigenvalue weighted by molar-refractivity contribution is 6.31. The zero-order valence-electron chi connectivity index (χ0n) is 11.9. The fraction of sp³-hybridized carbons (Fsp3) is 0.125. The number of hydrogen-bond donors (Lipinski definition) is 2. The van der Waals surface area contributed by atoms with Crippen LogP contribution in [0.3, 0.4) is 0 Å². The average Bonchev–Trinajstić information content (AvgIpc) is 2.51. The summed E-state index contributed by atoms with van der Waals surface area (Å²) in [5.74, 6) is -0.103. The number of amides is 1. The van der Waals surface area contributed by atoms with Gasteiger partial charge in [-0.1, -0.05) is 41.9 Å². The molecule has 0 radical (unpaired) electrons. The number of phenolic OH excluding ortho intramolecular Hbond substituents is 1. The highest BCUT2D eigenvalue weighted by Crippen LogP contribution is 2.32. The third-order valence-electron chi connectivity index (χ3n) is 2.89. The second-order valence-corrected chi connectivity index (χ2v) is 4.94.